The molecule has 10 rings (SSSR count). The van der Waals surface area contributed by atoms with Crippen molar-refractivity contribution in [1.82, 2.24) is 19.5 Å². The minimum atomic E-state index is 0.586. The van der Waals surface area contributed by atoms with Crippen LogP contribution in [0.3, 0.4) is 0 Å². The Morgan fingerprint density at radius 1 is 0.442 bits per heavy atom. The van der Waals surface area contributed by atoms with Gasteiger partial charge >= 0.3 is 0 Å². The normalized spacial score (nSPS) is 11.4. The molecule has 0 unspecified atom stereocenters. The number of aromatic nitrogens is 4. The standard InChI is InChI=1S/C46H27N5S/c47-28-29-19-21-30(22-20-29)36-25-33(46-49-44(31-11-3-1-4-12-31)48-45(50-46)32-13-5-2-6-14-32)23-24-40(36)51-39-17-9-7-15-34(39)37-27-43-38(26-41(37)51)35-16-8-10-18-42(35)52-43/h1-27H. The molecule has 0 saturated heterocycles. The molecule has 0 N–H and O–H groups in total. The van der Waals surface area contributed by atoms with Crippen molar-refractivity contribution in [3.05, 3.63) is 169 Å². The second-order valence-corrected chi connectivity index (χ2v) is 13.9. The van der Waals surface area contributed by atoms with Crippen LogP contribution >= 0.6 is 11.3 Å². The molecule has 10 aromatic rings. The minimum absolute atomic E-state index is 0.586. The van der Waals surface area contributed by atoms with E-state index >= 15 is 0 Å². The highest BCUT2D eigenvalue weighted by molar-refractivity contribution is 7.25. The van der Waals surface area contributed by atoms with Crippen LogP contribution in [0.2, 0.25) is 0 Å². The van der Waals surface area contributed by atoms with Gasteiger partial charge in [0.15, 0.2) is 17.5 Å². The third-order valence-electron chi connectivity index (χ3n) is 9.69. The minimum Gasteiger partial charge on any atom is -0.309 e. The van der Waals surface area contributed by atoms with Crippen LogP contribution in [-0.2, 0) is 0 Å². The van der Waals surface area contributed by atoms with Gasteiger partial charge in [-0.05, 0) is 60.2 Å². The molecule has 0 aliphatic heterocycles. The quantitative estimate of drug-likeness (QED) is 0.181. The Kier molecular flexibility index (Phi) is 6.98. The van der Waals surface area contributed by atoms with Crippen molar-refractivity contribution < 1.29 is 0 Å². The summed E-state index contributed by atoms with van der Waals surface area (Å²) < 4.78 is 4.94. The Bertz CT molecular complexity index is 2950. The van der Waals surface area contributed by atoms with Crippen molar-refractivity contribution >= 4 is 53.3 Å². The van der Waals surface area contributed by atoms with Gasteiger partial charge in [0, 0.05) is 53.2 Å². The summed E-state index contributed by atoms with van der Waals surface area (Å²) in [7, 11) is 0. The maximum atomic E-state index is 9.64. The SMILES string of the molecule is N#Cc1ccc(-c2cc(-c3nc(-c4ccccc4)nc(-c4ccccc4)n3)ccc2-n2c3ccccc3c3cc4sc5ccccc5c4cc32)cc1. The van der Waals surface area contributed by atoms with Gasteiger partial charge in [0.2, 0.25) is 0 Å². The van der Waals surface area contributed by atoms with E-state index in [4.69, 9.17) is 15.0 Å². The van der Waals surface area contributed by atoms with Gasteiger partial charge in [-0.15, -0.1) is 11.3 Å². The first kappa shape index (κ1) is 29.9. The van der Waals surface area contributed by atoms with Gasteiger partial charge < -0.3 is 4.57 Å². The predicted molar refractivity (Wildman–Crippen MR) is 214 cm³/mol. The lowest BCUT2D eigenvalue weighted by molar-refractivity contribution is 1.07. The van der Waals surface area contributed by atoms with Crippen molar-refractivity contribution in [3.63, 3.8) is 0 Å². The van der Waals surface area contributed by atoms with Gasteiger partial charge in [-0.3, -0.25) is 0 Å². The van der Waals surface area contributed by atoms with Gasteiger partial charge in [-0.2, -0.15) is 5.26 Å². The molecule has 0 spiro atoms. The monoisotopic (exact) mass is 681 g/mol. The zero-order valence-corrected chi connectivity index (χ0v) is 28.5. The number of rotatable bonds is 5. The van der Waals surface area contributed by atoms with Crippen LogP contribution in [0.15, 0.2) is 164 Å². The summed E-state index contributed by atoms with van der Waals surface area (Å²) in [5, 5.41) is 14.6. The second-order valence-electron chi connectivity index (χ2n) is 12.8. The van der Waals surface area contributed by atoms with E-state index in [0.29, 0.717) is 23.0 Å². The molecule has 0 atom stereocenters. The van der Waals surface area contributed by atoms with Crippen LogP contribution in [0.1, 0.15) is 5.56 Å². The largest absolute Gasteiger partial charge is 0.309 e. The third kappa shape index (κ3) is 4.95. The van der Waals surface area contributed by atoms with Crippen molar-refractivity contribution in [1.29, 1.82) is 5.26 Å². The first-order valence-corrected chi connectivity index (χ1v) is 17.9. The van der Waals surface area contributed by atoms with Crippen LogP contribution in [0.5, 0.6) is 0 Å². The van der Waals surface area contributed by atoms with E-state index in [1.165, 1.54) is 30.9 Å². The van der Waals surface area contributed by atoms with E-state index in [2.05, 4.69) is 89.5 Å². The molecule has 0 aliphatic rings. The van der Waals surface area contributed by atoms with Gasteiger partial charge in [-0.1, -0.05) is 109 Å². The Balaban J connectivity index is 1.25. The summed E-state index contributed by atoms with van der Waals surface area (Å²) in [5.74, 6) is 1.81. The third-order valence-corrected chi connectivity index (χ3v) is 10.8. The number of thiophene rings is 1. The zero-order valence-electron chi connectivity index (χ0n) is 27.7. The second kappa shape index (κ2) is 12.1. The fraction of sp³-hybridized carbons (Fsp3) is 0. The molecule has 3 heterocycles. The molecule has 7 aromatic carbocycles. The number of hydrogen-bond donors (Lipinski definition) is 0. The van der Waals surface area contributed by atoms with Gasteiger partial charge in [0.05, 0.1) is 28.4 Å². The number of benzene rings is 7. The van der Waals surface area contributed by atoms with Crippen LogP contribution in [0.25, 0.3) is 93.0 Å². The highest BCUT2D eigenvalue weighted by Crippen LogP contribution is 2.42. The molecule has 0 bridgehead atoms. The van der Waals surface area contributed by atoms with E-state index < -0.39 is 0 Å². The van der Waals surface area contributed by atoms with Crippen molar-refractivity contribution in [2.75, 3.05) is 0 Å². The summed E-state index contributed by atoms with van der Waals surface area (Å²) >= 11 is 1.84. The number of para-hydroxylation sites is 1. The molecule has 3 aromatic heterocycles. The van der Waals surface area contributed by atoms with E-state index in [9.17, 15) is 5.26 Å². The first-order chi connectivity index (χ1) is 25.7. The fourth-order valence-electron chi connectivity index (χ4n) is 7.21. The number of nitrogens with zero attached hydrogens (tertiary/aromatic N) is 5. The summed E-state index contributed by atoms with van der Waals surface area (Å²) in [5.41, 5.74) is 8.60. The van der Waals surface area contributed by atoms with E-state index in [0.717, 1.165) is 44.5 Å². The lowest BCUT2D eigenvalue weighted by Crippen LogP contribution is -2.02. The summed E-state index contributed by atoms with van der Waals surface area (Å²) in [6, 6.07) is 58.6. The molecule has 52 heavy (non-hydrogen) atoms. The highest BCUT2D eigenvalue weighted by Gasteiger charge is 2.20. The molecule has 6 heteroatoms. The summed E-state index contributed by atoms with van der Waals surface area (Å²) in [4.78, 5) is 15.0. The first-order valence-electron chi connectivity index (χ1n) is 17.1. The van der Waals surface area contributed by atoms with E-state index in [1.807, 2.05) is 96.3 Å². The number of fused-ring (bicyclic) bond motifs is 6. The number of hydrogen-bond acceptors (Lipinski definition) is 5. The van der Waals surface area contributed by atoms with Gasteiger partial charge in [0.25, 0.3) is 0 Å². The van der Waals surface area contributed by atoms with Crippen molar-refractivity contribution in [3.8, 4) is 57.0 Å². The summed E-state index contributed by atoms with van der Waals surface area (Å²) in [6.45, 7) is 0. The lowest BCUT2D eigenvalue weighted by atomic mass is 9.99. The molecular formula is C46H27N5S. The van der Waals surface area contributed by atoms with Crippen LogP contribution in [0.4, 0.5) is 0 Å². The van der Waals surface area contributed by atoms with Crippen LogP contribution in [-0.4, -0.2) is 19.5 Å². The zero-order chi connectivity index (χ0) is 34.6. The molecular weight excluding hydrogens is 655 g/mol. The maximum absolute atomic E-state index is 9.64. The lowest BCUT2D eigenvalue weighted by Gasteiger charge is -2.16. The Hall–Kier alpha value is -6.94. The predicted octanol–water partition coefficient (Wildman–Crippen LogP) is 11.9. The fourth-order valence-corrected chi connectivity index (χ4v) is 8.34. The Labute approximate surface area is 303 Å². The van der Waals surface area contributed by atoms with Crippen LogP contribution < -0.4 is 0 Å². The molecule has 0 fully saturated rings. The Morgan fingerprint density at radius 3 is 1.73 bits per heavy atom. The molecule has 0 saturated carbocycles. The molecule has 0 radical (unpaired) electrons. The topological polar surface area (TPSA) is 67.4 Å². The summed E-state index contributed by atoms with van der Waals surface area (Å²) in [6.07, 6.45) is 0. The molecule has 242 valence electrons. The smallest absolute Gasteiger partial charge is 0.164 e. The molecule has 0 amide bonds. The van der Waals surface area contributed by atoms with Crippen molar-refractivity contribution in [2.45, 2.75) is 0 Å². The van der Waals surface area contributed by atoms with E-state index in [-0.39, 0.29) is 0 Å². The van der Waals surface area contributed by atoms with E-state index in [1.54, 1.807) is 0 Å². The highest BCUT2D eigenvalue weighted by atomic mass is 32.1. The maximum Gasteiger partial charge on any atom is 0.164 e. The molecule has 0 aliphatic carbocycles. The Morgan fingerprint density at radius 2 is 1.04 bits per heavy atom. The van der Waals surface area contributed by atoms with Crippen LogP contribution in [0, 0.1) is 11.3 Å². The number of nitriles is 1. The van der Waals surface area contributed by atoms with Gasteiger partial charge in [-0.25, -0.2) is 15.0 Å². The van der Waals surface area contributed by atoms with Gasteiger partial charge in [0.1, 0.15) is 0 Å². The van der Waals surface area contributed by atoms with Crippen molar-refractivity contribution in [2.24, 2.45) is 0 Å². The average molecular weight is 682 g/mol. The molecule has 5 nitrogen and oxygen atoms in total. The average Bonchev–Trinajstić information content (AvgIpc) is 3.75.